The van der Waals surface area contributed by atoms with E-state index >= 15 is 0 Å². The van der Waals surface area contributed by atoms with Crippen molar-refractivity contribution in [2.45, 2.75) is 12.4 Å². The van der Waals surface area contributed by atoms with E-state index in [2.05, 4.69) is 0 Å². The number of halogens is 2. The fourth-order valence-electron chi connectivity index (χ4n) is 1.52. The van der Waals surface area contributed by atoms with E-state index in [4.69, 9.17) is 36.5 Å². The summed E-state index contributed by atoms with van der Waals surface area (Å²) in [5.74, 6) is 0. The Morgan fingerprint density at radius 2 is 1.76 bits per heavy atom. The predicted octanol–water partition coefficient (Wildman–Crippen LogP) is 3.70. The Morgan fingerprint density at radius 3 is 2.29 bits per heavy atom. The largest absolute Gasteiger partial charge is 0.380 e. The van der Waals surface area contributed by atoms with Crippen LogP contribution in [-0.4, -0.2) is 19.3 Å². The maximum atomic E-state index is 11.0. The quantitative estimate of drug-likeness (QED) is 0.798. The van der Waals surface area contributed by atoms with Gasteiger partial charge in [-0.15, -0.1) is 0 Å². The van der Waals surface area contributed by atoms with E-state index in [1.807, 2.05) is 30.3 Å². The van der Waals surface area contributed by atoms with Gasteiger partial charge in [-0.2, -0.15) is 0 Å². The van der Waals surface area contributed by atoms with E-state index in [-0.39, 0.29) is 13.2 Å². The van der Waals surface area contributed by atoms with E-state index in [1.165, 1.54) is 0 Å². The minimum atomic E-state index is -3.54. The van der Waals surface area contributed by atoms with Crippen molar-refractivity contribution in [3.63, 3.8) is 0 Å². The van der Waals surface area contributed by atoms with Gasteiger partial charge in [0.25, 0.3) is 0 Å². The Labute approximate surface area is 109 Å². The Balaban J connectivity index is 1.89. The van der Waals surface area contributed by atoms with Gasteiger partial charge in [-0.25, -0.2) is 0 Å². The fraction of sp³-hybridized carbons (Fsp3) is 0.400. The van der Waals surface area contributed by atoms with Gasteiger partial charge >= 0.3 is 6.07 Å². The van der Waals surface area contributed by atoms with E-state index < -0.39 is 18.5 Å². The Bertz CT molecular complexity index is 400. The topological polar surface area (TPSA) is 44.8 Å². The van der Waals surface area contributed by atoms with Crippen LogP contribution in [0.3, 0.4) is 0 Å². The van der Waals surface area contributed by atoms with Gasteiger partial charge in [0.05, 0.1) is 13.2 Å². The monoisotopic (exact) mass is 296 g/mol. The van der Waals surface area contributed by atoms with Gasteiger partial charge in [0.1, 0.15) is 6.10 Å². The molecule has 1 heterocycles. The van der Waals surface area contributed by atoms with Crippen molar-refractivity contribution in [3.05, 3.63) is 35.9 Å². The van der Waals surface area contributed by atoms with Crippen LogP contribution in [0.15, 0.2) is 30.3 Å². The van der Waals surface area contributed by atoms with Crippen LogP contribution in [0, 0.1) is 0 Å². The van der Waals surface area contributed by atoms with Crippen LogP contribution in [-0.2, 0) is 18.6 Å². The number of ether oxygens (including phenoxy) is 2. The molecule has 0 amide bonds. The third kappa shape index (κ3) is 4.25. The lowest BCUT2D eigenvalue weighted by Crippen LogP contribution is -2.32. The molecule has 17 heavy (non-hydrogen) atoms. The lowest BCUT2D eigenvalue weighted by Gasteiger charge is -2.29. The van der Waals surface area contributed by atoms with Crippen LogP contribution < -0.4 is 0 Å². The first kappa shape index (κ1) is 13.3. The normalized spacial score (nSPS) is 25.8. The van der Waals surface area contributed by atoms with Crippen LogP contribution in [0.1, 0.15) is 11.9 Å². The summed E-state index contributed by atoms with van der Waals surface area (Å²) in [5.41, 5.74) is 0.922. The van der Waals surface area contributed by atoms with Crippen molar-refractivity contribution in [2.75, 3.05) is 13.2 Å². The Morgan fingerprint density at radius 1 is 1.18 bits per heavy atom. The van der Waals surface area contributed by atoms with E-state index in [1.54, 1.807) is 0 Å². The lowest BCUT2D eigenvalue weighted by atomic mass is 10.2. The molecule has 1 fully saturated rings. The van der Waals surface area contributed by atoms with Gasteiger partial charge in [0, 0.05) is 5.56 Å². The molecule has 4 nitrogen and oxygen atoms in total. The molecule has 0 atom stereocenters. The maximum Gasteiger partial charge on any atom is 0.380 e. The highest BCUT2D eigenvalue weighted by molar-refractivity contribution is 8.05. The van der Waals surface area contributed by atoms with Crippen LogP contribution in [0.4, 0.5) is 0 Å². The molecule has 0 unspecified atom stereocenters. The van der Waals surface area contributed by atoms with Crippen LogP contribution >= 0.6 is 28.6 Å². The molecule has 0 aromatic heterocycles. The fourth-order valence-corrected chi connectivity index (χ4v) is 2.67. The molecule has 7 heteroatoms. The summed E-state index contributed by atoms with van der Waals surface area (Å²) in [6.07, 6.45) is -4.47. The third-order valence-electron chi connectivity index (χ3n) is 2.21. The molecule has 1 saturated heterocycles. The van der Waals surface area contributed by atoms with Crippen LogP contribution in [0.2, 0.25) is 0 Å². The molecule has 0 radical (unpaired) electrons. The van der Waals surface area contributed by atoms with E-state index in [9.17, 15) is 4.57 Å². The van der Waals surface area contributed by atoms with Crippen molar-refractivity contribution in [1.82, 2.24) is 0 Å². The summed E-state index contributed by atoms with van der Waals surface area (Å²) in [7, 11) is 0. The van der Waals surface area contributed by atoms with E-state index in [0.29, 0.717) is 0 Å². The molecule has 1 aromatic carbocycles. The first-order valence-electron chi connectivity index (χ1n) is 5.00. The van der Waals surface area contributed by atoms with Crippen molar-refractivity contribution in [1.29, 1.82) is 0 Å². The minimum Gasteiger partial charge on any atom is -0.346 e. The summed E-state index contributed by atoms with van der Waals surface area (Å²) in [6, 6.07) is 9.52. The maximum absolute atomic E-state index is 11.0. The molecule has 0 N–H and O–H groups in total. The van der Waals surface area contributed by atoms with Gasteiger partial charge < -0.3 is 9.47 Å². The number of benzene rings is 1. The molecule has 1 aliphatic heterocycles. The first-order chi connectivity index (χ1) is 8.04. The molecule has 0 saturated carbocycles. The number of hydrogen-bond acceptors (Lipinski definition) is 4. The molecule has 2 rings (SSSR count). The van der Waals surface area contributed by atoms with Crippen LogP contribution in [0.5, 0.6) is 0 Å². The zero-order chi connectivity index (χ0) is 12.3. The molecule has 0 spiro atoms. The Kier molecular flexibility index (Phi) is 4.47. The molecular formula is C10H11Cl2O4P. The Hall–Kier alpha value is -0.0900. The molecule has 1 aliphatic rings. The molecule has 0 bridgehead atoms. The number of hydrogen-bond donors (Lipinski definition) is 0. The third-order valence-corrected chi connectivity index (χ3v) is 3.23. The predicted molar refractivity (Wildman–Crippen MR) is 65.3 cm³/mol. The molecule has 94 valence electrons. The van der Waals surface area contributed by atoms with Crippen molar-refractivity contribution < 1.29 is 18.6 Å². The van der Waals surface area contributed by atoms with Crippen molar-refractivity contribution in [3.8, 4) is 0 Å². The smallest absolute Gasteiger partial charge is 0.346 e. The van der Waals surface area contributed by atoms with Gasteiger partial charge in [0.2, 0.25) is 0 Å². The zero-order valence-corrected chi connectivity index (χ0v) is 11.2. The average molecular weight is 297 g/mol. The summed E-state index contributed by atoms with van der Waals surface area (Å²) in [4.78, 5) is 0. The zero-order valence-electron chi connectivity index (χ0n) is 8.79. The first-order valence-corrected chi connectivity index (χ1v) is 8.44. The van der Waals surface area contributed by atoms with Crippen molar-refractivity contribution in [2.24, 2.45) is 0 Å². The second kappa shape index (κ2) is 5.70. The number of rotatable bonds is 3. The summed E-state index contributed by atoms with van der Waals surface area (Å²) < 4.78 is 26.8. The van der Waals surface area contributed by atoms with Gasteiger partial charge in [-0.1, -0.05) is 30.3 Å². The van der Waals surface area contributed by atoms with E-state index in [0.717, 1.165) is 5.56 Å². The standard InChI is InChI=1S/C10H11Cl2O4P/c11-17(12,13)16-9-6-14-10(15-7-9)8-4-2-1-3-5-8/h1-5,9-10H,6-7H2. The molecule has 0 aliphatic carbocycles. The second-order valence-corrected chi connectivity index (χ2v) is 7.78. The summed E-state index contributed by atoms with van der Waals surface area (Å²) in [6.45, 7) is 0.478. The van der Waals surface area contributed by atoms with Gasteiger partial charge in [-0.3, -0.25) is 9.09 Å². The molecule has 1 aromatic rings. The average Bonchev–Trinajstić information content (AvgIpc) is 2.29. The highest BCUT2D eigenvalue weighted by Gasteiger charge is 2.29. The minimum absolute atomic E-state index is 0.239. The molecular weight excluding hydrogens is 286 g/mol. The van der Waals surface area contributed by atoms with Gasteiger partial charge in [0.15, 0.2) is 6.29 Å². The lowest BCUT2D eigenvalue weighted by molar-refractivity contribution is -0.214. The highest BCUT2D eigenvalue weighted by Crippen LogP contribution is 2.58. The van der Waals surface area contributed by atoms with Crippen molar-refractivity contribution >= 4 is 28.6 Å². The second-order valence-electron chi connectivity index (χ2n) is 3.55. The SMILES string of the molecule is O=P(Cl)(Cl)OC1COC(c2ccccc2)OC1. The summed E-state index contributed by atoms with van der Waals surface area (Å²) >= 11 is 10.6. The van der Waals surface area contributed by atoms with Gasteiger partial charge in [-0.05, 0) is 22.5 Å². The summed E-state index contributed by atoms with van der Waals surface area (Å²) in [5, 5.41) is 0. The highest BCUT2D eigenvalue weighted by atomic mass is 35.9. The van der Waals surface area contributed by atoms with Crippen LogP contribution in [0.25, 0.3) is 0 Å².